The molecule has 0 bridgehead atoms. The zero-order chi connectivity index (χ0) is 14.3. The Balaban J connectivity index is 2.76. The summed E-state index contributed by atoms with van der Waals surface area (Å²) in [6.07, 6.45) is 0.160. The number of benzene rings is 1. The number of anilines is 1. The standard InChI is InChI=1S/C13H19NO4S/c1-2-14(12-7-4-3-5-8-12)13(16)11-19(17,18)10-6-9-15/h3-5,7-8,15H,2,6,9-11H2,1H3. The lowest BCUT2D eigenvalue weighted by Crippen LogP contribution is -2.36. The molecule has 0 aliphatic heterocycles. The van der Waals surface area contributed by atoms with Crippen LogP contribution in [0.5, 0.6) is 0 Å². The van der Waals surface area contributed by atoms with Crippen LogP contribution >= 0.6 is 0 Å². The predicted octanol–water partition coefficient (Wildman–Crippen LogP) is 0.837. The molecule has 0 aliphatic carbocycles. The van der Waals surface area contributed by atoms with E-state index in [9.17, 15) is 13.2 Å². The van der Waals surface area contributed by atoms with Crippen LogP contribution in [0.25, 0.3) is 0 Å². The van der Waals surface area contributed by atoms with Crippen molar-refractivity contribution in [3.8, 4) is 0 Å². The number of amides is 1. The topological polar surface area (TPSA) is 74.7 Å². The number of para-hydroxylation sites is 1. The summed E-state index contributed by atoms with van der Waals surface area (Å²) in [7, 11) is -3.46. The fourth-order valence-corrected chi connectivity index (χ4v) is 2.98. The lowest BCUT2D eigenvalue weighted by Gasteiger charge is -2.20. The first kappa shape index (κ1) is 15.7. The summed E-state index contributed by atoms with van der Waals surface area (Å²) in [6, 6.07) is 8.96. The Morgan fingerprint density at radius 2 is 1.89 bits per heavy atom. The Kier molecular flexibility index (Phi) is 5.98. The van der Waals surface area contributed by atoms with E-state index < -0.39 is 21.5 Å². The van der Waals surface area contributed by atoms with Gasteiger partial charge in [0, 0.05) is 18.8 Å². The summed E-state index contributed by atoms with van der Waals surface area (Å²) in [6.45, 7) is 2.02. The van der Waals surface area contributed by atoms with Gasteiger partial charge < -0.3 is 10.0 Å². The van der Waals surface area contributed by atoms with E-state index in [1.54, 1.807) is 31.2 Å². The molecule has 1 rings (SSSR count). The molecule has 0 aromatic heterocycles. The van der Waals surface area contributed by atoms with Gasteiger partial charge in [0.1, 0.15) is 5.75 Å². The van der Waals surface area contributed by atoms with Gasteiger partial charge in [-0.15, -0.1) is 0 Å². The molecule has 19 heavy (non-hydrogen) atoms. The highest BCUT2D eigenvalue weighted by Gasteiger charge is 2.21. The van der Waals surface area contributed by atoms with Gasteiger partial charge in [0.05, 0.1) is 5.75 Å². The molecule has 1 N–H and O–H groups in total. The molecule has 0 unspecified atom stereocenters. The average Bonchev–Trinajstić information content (AvgIpc) is 2.38. The Bertz CT molecular complexity index is 499. The van der Waals surface area contributed by atoms with Crippen LogP contribution in [0.3, 0.4) is 0 Å². The summed E-state index contributed by atoms with van der Waals surface area (Å²) < 4.78 is 23.4. The minimum absolute atomic E-state index is 0.160. The number of nitrogens with zero attached hydrogens (tertiary/aromatic N) is 1. The molecule has 5 nitrogen and oxygen atoms in total. The largest absolute Gasteiger partial charge is 0.396 e. The van der Waals surface area contributed by atoms with Crippen LogP contribution in [-0.4, -0.2) is 44.1 Å². The number of rotatable bonds is 7. The third-order valence-electron chi connectivity index (χ3n) is 2.64. The van der Waals surface area contributed by atoms with Crippen molar-refractivity contribution < 1.29 is 18.3 Å². The van der Waals surface area contributed by atoms with E-state index in [2.05, 4.69) is 0 Å². The molecule has 0 spiro atoms. The Hall–Kier alpha value is -1.40. The molecule has 1 amide bonds. The van der Waals surface area contributed by atoms with E-state index in [0.29, 0.717) is 12.2 Å². The second-order valence-corrected chi connectivity index (χ2v) is 6.33. The van der Waals surface area contributed by atoms with Crippen LogP contribution in [0, 0.1) is 0 Å². The highest BCUT2D eigenvalue weighted by atomic mass is 32.2. The molecule has 106 valence electrons. The molecule has 0 heterocycles. The zero-order valence-corrected chi connectivity index (χ0v) is 11.8. The van der Waals surface area contributed by atoms with Gasteiger partial charge in [-0.2, -0.15) is 0 Å². The van der Waals surface area contributed by atoms with E-state index in [0.717, 1.165) is 0 Å². The smallest absolute Gasteiger partial charge is 0.242 e. The highest BCUT2D eigenvalue weighted by Crippen LogP contribution is 2.13. The van der Waals surface area contributed by atoms with Crippen molar-refractivity contribution in [3.63, 3.8) is 0 Å². The number of hydrogen-bond donors (Lipinski definition) is 1. The van der Waals surface area contributed by atoms with Gasteiger partial charge in [-0.25, -0.2) is 8.42 Å². The minimum Gasteiger partial charge on any atom is -0.396 e. The Morgan fingerprint density at radius 3 is 2.42 bits per heavy atom. The number of carbonyl (C=O) groups is 1. The van der Waals surface area contributed by atoms with E-state index in [1.807, 2.05) is 6.07 Å². The third kappa shape index (κ3) is 5.00. The summed E-state index contributed by atoms with van der Waals surface area (Å²) in [5, 5.41) is 8.64. The van der Waals surface area contributed by atoms with E-state index in [4.69, 9.17) is 5.11 Å². The summed E-state index contributed by atoms with van der Waals surface area (Å²) >= 11 is 0. The van der Waals surface area contributed by atoms with Gasteiger partial charge >= 0.3 is 0 Å². The minimum atomic E-state index is -3.46. The van der Waals surface area contributed by atoms with E-state index in [1.165, 1.54) is 4.90 Å². The fourth-order valence-electron chi connectivity index (χ4n) is 1.73. The predicted molar refractivity (Wildman–Crippen MR) is 74.8 cm³/mol. The molecule has 1 aromatic rings. The lowest BCUT2D eigenvalue weighted by molar-refractivity contribution is -0.116. The maximum absolute atomic E-state index is 12.0. The normalized spacial score (nSPS) is 11.3. The quantitative estimate of drug-likeness (QED) is 0.805. The molecule has 0 fully saturated rings. The summed E-state index contributed by atoms with van der Waals surface area (Å²) in [4.78, 5) is 13.5. The molecule has 0 atom stereocenters. The summed E-state index contributed by atoms with van der Waals surface area (Å²) in [5.74, 6) is -1.12. The van der Waals surface area contributed by atoms with Crippen molar-refractivity contribution in [1.29, 1.82) is 0 Å². The van der Waals surface area contributed by atoms with Crippen molar-refractivity contribution in [2.24, 2.45) is 0 Å². The number of carbonyl (C=O) groups excluding carboxylic acids is 1. The Morgan fingerprint density at radius 1 is 1.26 bits per heavy atom. The van der Waals surface area contributed by atoms with Gasteiger partial charge in [0.25, 0.3) is 0 Å². The van der Waals surface area contributed by atoms with Gasteiger partial charge in [0.15, 0.2) is 9.84 Å². The maximum atomic E-state index is 12.0. The number of sulfone groups is 1. The van der Waals surface area contributed by atoms with Crippen molar-refractivity contribution in [2.45, 2.75) is 13.3 Å². The molecule has 6 heteroatoms. The number of hydrogen-bond acceptors (Lipinski definition) is 4. The molecule has 0 saturated carbocycles. The van der Waals surface area contributed by atoms with Gasteiger partial charge in [-0.1, -0.05) is 18.2 Å². The third-order valence-corrected chi connectivity index (χ3v) is 4.24. The first-order valence-electron chi connectivity index (χ1n) is 6.17. The zero-order valence-electron chi connectivity index (χ0n) is 10.9. The fraction of sp³-hybridized carbons (Fsp3) is 0.462. The Labute approximate surface area is 113 Å². The SMILES string of the molecule is CCN(C(=O)CS(=O)(=O)CCCO)c1ccccc1. The molecular weight excluding hydrogens is 266 g/mol. The van der Waals surface area contributed by atoms with Crippen LogP contribution in [0.2, 0.25) is 0 Å². The second-order valence-electron chi connectivity index (χ2n) is 4.14. The second kappa shape index (κ2) is 7.25. The molecule has 0 radical (unpaired) electrons. The lowest BCUT2D eigenvalue weighted by atomic mass is 10.3. The van der Waals surface area contributed by atoms with Crippen LogP contribution in [0.15, 0.2) is 30.3 Å². The van der Waals surface area contributed by atoms with Gasteiger partial charge in [0.2, 0.25) is 5.91 Å². The van der Waals surface area contributed by atoms with Crippen molar-refractivity contribution >= 4 is 21.4 Å². The summed E-state index contributed by atoms with van der Waals surface area (Å²) in [5.41, 5.74) is 0.687. The molecule has 0 aliphatic rings. The van der Waals surface area contributed by atoms with Crippen LogP contribution in [0.4, 0.5) is 5.69 Å². The molecule has 1 aromatic carbocycles. The van der Waals surface area contributed by atoms with E-state index in [-0.39, 0.29) is 18.8 Å². The number of aliphatic hydroxyl groups is 1. The maximum Gasteiger partial charge on any atom is 0.242 e. The van der Waals surface area contributed by atoms with Crippen LogP contribution < -0.4 is 4.90 Å². The highest BCUT2D eigenvalue weighted by molar-refractivity contribution is 7.92. The van der Waals surface area contributed by atoms with E-state index >= 15 is 0 Å². The average molecular weight is 285 g/mol. The van der Waals surface area contributed by atoms with Crippen molar-refractivity contribution in [3.05, 3.63) is 30.3 Å². The van der Waals surface area contributed by atoms with Gasteiger partial charge in [-0.3, -0.25) is 4.79 Å². The molecule has 0 saturated heterocycles. The first-order valence-corrected chi connectivity index (χ1v) is 7.99. The monoisotopic (exact) mass is 285 g/mol. The van der Waals surface area contributed by atoms with Crippen LogP contribution in [0.1, 0.15) is 13.3 Å². The van der Waals surface area contributed by atoms with Gasteiger partial charge in [-0.05, 0) is 25.5 Å². The van der Waals surface area contributed by atoms with Crippen molar-refractivity contribution in [1.82, 2.24) is 0 Å². The number of aliphatic hydroxyl groups excluding tert-OH is 1. The first-order chi connectivity index (χ1) is 9.00. The molecular formula is C13H19NO4S. The van der Waals surface area contributed by atoms with Crippen molar-refractivity contribution in [2.75, 3.05) is 29.6 Å². The van der Waals surface area contributed by atoms with Crippen LogP contribution in [-0.2, 0) is 14.6 Å².